The van der Waals surface area contributed by atoms with Crippen LogP contribution in [0.3, 0.4) is 0 Å². The van der Waals surface area contributed by atoms with Crippen LogP contribution in [-0.4, -0.2) is 19.6 Å². The van der Waals surface area contributed by atoms with E-state index < -0.39 is 13.7 Å². The Morgan fingerprint density at radius 2 is 1.26 bits per heavy atom. The first kappa shape index (κ1) is 32.5. The third kappa shape index (κ3) is 7.89. The molecule has 0 atom stereocenters. The van der Waals surface area contributed by atoms with Crippen molar-refractivity contribution in [2.45, 2.75) is 66.1 Å². The van der Waals surface area contributed by atoms with E-state index in [1.807, 2.05) is 77.4 Å². The zero-order valence-electron chi connectivity index (χ0n) is 38.9. The molecule has 2 aromatic heterocycles. The van der Waals surface area contributed by atoms with Gasteiger partial charge in [0.05, 0.1) is 22.3 Å². The van der Waals surface area contributed by atoms with Gasteiger partial charge in [-0.05, 0) is 83.2 Å². The average molecular weight is 932 g/mol. The number of fused-ring (bicyclic) bond motifs is 1. The van der Waals surface area contributed by atoms with Gasteiger partial charge in [0.2, 0.25) is 0 Å². The van der Waals surface area contributed by atoms with Crippen molar-refractivity contribution >= 4 is 11.0 Å². The second kappa shape index (κ2) is 15.4. The Bertz CT molecular complexity index is 2960. The van der Waals surface area contributed by atoms with Crippen LogP contribution < -0.4 is 0 Å². The number of hydrogen-bond acceptors (Lipinski definition) is 3. The standard InChI is InChI=1S/C52H48N3O.Pt/c1-33-16-19-35(20-17-33)37-26-27-53-45(32-37)39-29-38(30-41(31-39)52(6,7)8)42-13-11-14-47-49(42)54-50(43-12-9-10-15-48(43)56)55(47)46-25-18-34(2)28-44(46)36-21-23-40(24-22-36)51(3,4)5;/h9-28,30-32,56H,1-8H3;/q-1;/i1D3,2D3;. The van der Waals surface area contributed by atoms with E-state index in [-0.39, 0.29) is 48.8 Å². The number of rotatable bonds is 6. The van der Waals surface area contributed by atoms with Crippen LogP contribution in [0.1, 0.15) is 72.0 Å². The summed E-state index contributed by atoms with van der Waals surface area (Å²) in [7, 11) is 0. The second-order valence-corrected chi connectivity index (χ2v) is 16.5. The summed E-state index contributed by atoms with van der Waals surface area (Å²) in [5.74, 6) is 0.550. The number of pyridine rings is 1. The third-order valence-electron chi connectivity index (χ3n) is 10.4. The molecule has 0 unspecified atom stereocenters. The van der Waals surface area contributed by atoms with E-state index in [0.717, 1.165) is 50.0 Å². The summed E-state index contributed by atoms with van der Waals surface area (Å²) < 4.78 is 50.4. The van der Waals surface area contributed by atoms with Crippen LogP contribution >= 0.6 is 0 Å². The average Bonchev–Trinajstić information content (AvgIpc) is 3.62. The van der Waals surface area contributed by atoms with Crippen LogP contribution in [0.4, 0.5) is 0 Å². The van der Waals surface area contributed by atoms with Crippen LogP contribution in [0.2, 0.25) is 0 Å². The van der Waals surface area contributed by atoms with Gasteiger partial charge in [0, 0.05) is 46.7 Å². The summed E-state index contributed by atoms with van der Waals surface area (Å²) in [6, 6.07) is 45.4. The minimum absolute atomic E-state index is 0. The number of phenols is 1. The monoisotopic (exact) mass is 931 g/mol. The number of hydrogen-bond donors (Lipinski definition) is 1. The molecule has 2 heterocycles. The van der Waals surface area contributed by atoms with Gasteiger partial charge in [0.15, 0.2) is 0 Å². The molecule has 0 aliphatic heterocycles. The van der Waals surface area contributed by atoms with Gasteiger partial charge >= 0.3 is 0 Å². The molecular formula is C52H48N3OPt-. The molecule has 5 heteroatoms. The smallest absolute Gasteiger partial charge is 0.148 e. The summed E-state index contributed by atoms with van der Waals surface area (Å²) in [4.78, 5) is 10.1. The molecule has 0 saturated carbocycles. The molecule has 6 aromatic carbocycles. The van der Waals surface area contributed by atoms with Gasteiger partial charge in [0.25, 0.3) is 0 Å². The molecule has 0 bridgehead atoms. The number of imidazole rings is 1. The second-order valence-electron chi connectivity index (χ2n) is 16.5. The van der Waals surface area contributed by atoms with Crippen molar-refractivity contribution in [1.82, 2.24) is 14.5 Å². The zero-order valence-corrected chi connectivity index (χ0v) is 35.2. The molecule has 57 heavy (non-hydrogen) atoms. The summed E-state index contributed by atoms with van der Waals surface area (Å²) >= 11 is 0. The largest absolute Gasteiger partial charge is 0.507 e. The first-order chi connectivity index (χ1) is 29.2. The van der Waals surface area contributed by atoms with Crippen molar-refractivity contribution in [2.75, 3.05) is 0 Å². The zero-order chi connectivity index (χ0) is 44.4. The molecule has 0 saturated heterocycles. The summed E-state index contributed by atoms with van der Waals surface area (Å²) in [6.07, 6.45) is 1.76. The van der Waals surface area contributed by atoms with Gasteiger partial charge in [-0.25, -0.2) is 4.98 Å². The Morgan fingerprint density at radius 1 is 0.596 bits per heavy atom. The van der Waals surface area contributed by atoms with Crippen molar-refractivity contribution in [3.63, 3.8) is 0 Å². The summed E-state index contributed by atoms with van der Waals surface area (Å²) in [6.45, 7) is 8.44. The molecular weight excluding hydrogens is 878 g/mol. The van der Waals surface area contributed by atoms with E-state index in [2.05, 4.69) is 71.9 Å². The topological polar surface area (TPSA) is 50.9 Å². The fourth-order valence-electron chi connectivity index (χ4n) is 7.22. The first-order valence-electron chi connectivity index (χ1n) is 21.9. The first-order valence-corrected chi connectivity index (χ1v) is 18.9. The molecule has 4 nitrogen and oxygen atoms in total. The molecule has 1 N–H and O–H groups in total. The Morgan fingerprint density at radius 3 is 1.96 bits per heavy atom. The Labute approximate surface area is 360 Å². The van der Waals surface area contributed by atoms with E-state index in [0.29, 0.717) is 33.8 Å². The molecule has 288 valence electrons. The van der Waals surface area contributed by atoms with E-state index in [4.69, 9.17) is 18.2 Å². The number of aromatic nitrogens is 3. The fourth-order valence-corrected chi connectivity index (χ4v) is 7.22. The number of aryl methyl sites for hydroxylation is 2. The van der Waals surface area contributed by atoms with Crippen LogP contribution in [-0.2, 0) is 31.9 Å². The van der Waals surface area contributed by atoms with Crippen LogP contribution in [0, 0.1) is 19.8 Å². The number of para-hydroxylation sites is 2. The molecule has 8 rings (SSSR count). The van der Waals surface area contributed by atoms with Gasteiger partial charge in [0.1, 0.15) is 11.6 Å². The molecule has 0 amide bonds. The van der Waals surface area contributed by atoms with Crippen LogP contribution in [0.5, 0.6) is 5.75 Å². The normalized spacial score (nSPS) is 13.8. The number of nitrogens with zero attached hydrogens (tertiary/aromatic N) is 3. The van der Waals surface area contributed by atoms with Gasteiger partial charge < -0.3 is 5.11 Å². The van der Waals surface area contributed by atoms with Crippen molar-refractivity contribution in [3.05, 3.63) is 168 Å². The maximum absolute atomic E-state index is 11.4. The molecule has 8 aromatic rings. The van der Waals surface area contributed by atoms with Crippen molar-refractivity contribution in [2.24, 2.45) is 0 Å². The van der Waals surface area contributed by atoms with E-state index in [1.54, 1.807) is 42.6 Å². The third-order valence-corrected chi connectivity index (χ3v) is 10.4. The fraction of sp³-hybridized carbons (Fsp3) is 0.192. The number of phenolic OH excluding ortho intramolecular Hbond substituents is 1. The van der Waals surface area contributed by atoms with E-state index in [1.165, 1.54) is 0 Å². The predicted octanol–water partition coefficient (Wildman–Crippen LogP) is 13.5. The maximum Gasteiger partial charge on any atom is 0.148 e. The minimum atomic E-state index is -2.34. The van der Waals surface area contributed by atoms with Gasteiger partial charge in [-0.3, -0.25) is 9.55 Å². The van der Waals surface area contributed by atoms with E-state index >= 15 is 0 Å². The summed E-state index contributed by atoms with van der Waals surface area (Å²) in [5.41, 5.74) is 11.5. The summed E-state index contributed by atoms with van der Waals surface area (Å²) in [5, 5.41) is 11.4. The molecule has 0 aliphatic carbocycles. The quantitative estimate of drug-likeness (QED) is 0.169. The maximum atomic E-state index is 11.4. The van der Waals surface area contributed by atoms with E-state index in [9.17, 15) is 5.11 Å². The molecule has 0 fully saturated rings. The molecule has 0 aliphatic rings. The number of benzene rings is 6. The van der Waals surface area contributed by atoms with Crippen LogP contribution in [0.15, 0.2) is 140 Å². The predicted molar refractivity (Wildman–Crippen MR) is 233 cm³/mol. The van der Waals surface area contributed by atoms with Crippen molar-refractivity contribution < 1.29 is 34.4 Å². The minimum Gasteiger partial charge on any atom is -0.507 e. The van der Waals surface area contributed by atoms with Gasteiger partial charge in [-0.15, -0.1) is 29.3 Å². The molecule has 0 spiro atoms. The number of aromatic hydroxyl groups is 1. The van der Waals surface area contributed by atoms with Crippen molar-refractivity contribution in [1.29, 1.82) is 0 Å². The SMILES string of the molecule is [2H]C([2H])([2H])c1ccc(-c2ccnc(-c3[c-]c(-c4cccc5c4nc(-c4ccccc4O)n5-c4ccc(C([2H])([2H])[2H])cc4-c4ccc(C(C)(C)C)cc4)cc(C(C)(C)C)c3)c2)cc1.[Pt]. The Hall–Kier alpha value is -5.57. The van der Waals surface area contributed by atoms with Crippen LogP contribution in [0.25, 0.3) is 72.7 Å². The van der Waals surface area contributed by atoms with Crippen molar-refractivity contribution in [3.8, 4) is 67.5 Å². The molecule has 0 radical (unpaired) electrons. The Kier molecular flexibility index (Phi) is 8.79. The van der Waals surface area contributed by atoms with Gasteiger partial charge in [-0.1, -0.05) is 149 Å². The van der Waals surface area contributed by atoms with Gasteiger partial charge in [-0.2, -0.15) is 0 Å². The Balaban J connectivity index is 0.00000595.